The third kappa shape index (κ3) is 2.76. The number of aliphatic imine (C=N–C) groups is 1. The number of hydrogen-bond acceptors (Lipinski definition) is 2. The van der Waals surface area contributed by atoms with Crippen LogP contribution in [0.1, 0.15) is 45.4 Å². The van der Waals surface area contributed by atoms with Gasteiger partial charge in [0.2, 0.25) is 0 Å². The first-order chi connectivity index (χ1) is 9.25. The van der Waals surface area contributed by atoms with Crippen LogP contribution in [0.4, 0.5) is 13.2 Å². The van der Waals surface area contributed by atoms with E-state index >= 15 is 0 Å². The molecule has 1 unspecified atom stereocenters. The highest BCUT2D eigenvalue weighted by atomic mass is 32.2. The van der Waals surface area contributed by atoms with Crippen LogP contribution in [0.3, 0.4) is 0 Å². The van der Waals surface area contributed by atoms with Gasteiger partial charge in [0.15, 0.2) is 0 Å². The summed E-state index contributed by atoms with van der Waals surface area (Å²) < 4.78 is 36.3. The summed E-state index contributed by atoms with van der Waals surface area (Å²) in [6, 6.07) is 0. The van der Waals surface area contributed by atoms with Crippen molar-refractivity contribution in [2.75, 3.05) is 0 Å². The molecule has 20 heavy (non-hydrogen) atoms. The SMILES string of the molecule is CC1(CC(F)(F)F)SC(C[C@@H]2C[C@H]3CC[C@@H]2C3)=NC1=O. The monoisotopic (exact) mass is 305 g/mol. The molecular formula is C14H18F3NOS. The van der Waals surface area contributed by atoms with E-state index in [1.165, 1.54) is 26.2 Å². The molecule has 2 aliphatic carbocycles. The summed E-state index contributed by atoms with van der Waals surface area (Å²) >= 11 is 1.04. The Kier molecular flexibility index (Phi) is 3.42. The number of hydrogen-bond donors (Lipinski definition) is 0. The molecule has 0 saturated heterocycles. The highest BCUT2D eigenvalue weighted by molar-refractivity contribution is 8.16. The molecule has 4 atom stereocenters. The molecule has 3 aliphatic rings. The summed E-state index contributed by atoms with van der Waals surface area (Å²) in [5.74, 6) is 1.42. The van der Waals surface area contributed by atoms with E-state index in [4.69, 9.17) is 0 Å². The van der Waals surface area contributed by atoms with Crippen LogP contribution >= 0.6 is 11.8 Å². The van der Waals surface area contributed by atoms with Crippen LogP contribution in [-0.4, -0.2) is 21.9 Å². The smallest absolute Gasteiger partial charge is 0.271 e. The lowest BCUT2D eigenvalue weighted by Crippen LogP contribution is -2.33. The molecule has 0 aromatic rings. The van der Waals surface area contributed by atoms with Crippen LogP contribution in [0.25, 0.3) is 0 Å². The number of carbonyl (C=O) groups excluding carboxylic acids is 1. The topological polar surface area (TPSA) is 29.4 Å². The third-order valence-electron chi connectivity index (χ3n) is 4.88. The molecule has 1 aliphatic heterocycles. The van der Waals surface area contributed by atoms with Gasteiger partial charge in [0.25, 0.3) is 5.91 Å². The van der Waals surface area contributed by atoms with E-state index in [2.05, 4.69) is 4.99 Å². The Morgan fingerprint density at radius 1 is 1.35 bits per heavy atom. The molecule has 0 spiro atoms. The Labute approximate surface area is 120 Å². The van der Waals surface area contributed by atoms with Crippen LogP contribution < -0.4 is 0 Å². The van der Waals surface area contributed by atoms with Gasteiger partial charge in [0.05, 0.1) is 11.5 Å². The van der Waals surface area contributed by atoms with Crippen molar-refractivity contribution in [1.82, 2.24) is 0 Å². The summed E-state index contributed by atoms with van der Waals surface area (Å²) in [6.07, 6.45) is 0.240. The number of fused-ring (bicyclic) bond motifs is 2. The number of rotatable bonds is 3. The van der Waals surface area contributed by atoms with Crippen molar-refractivity contribution in [3.63, 3.8) is 0 Å². The molecule has 2 nitrogen and oxygen atoms in total. The average Bonchev–Trinajstić information content (AvgIpc) is 2.92. The standard InChI is InChI=1S/C14H18F3NOS/c1-13(7-14(15,16)17)12(19)18-11(20-13)6-10-5-8-2-3-9(10)4-8/h8-10H,2-7H2,1H3/t8-,9+,10-,13?/m0/s1. The summed E-state index contributed by atoms with van der Waals surface area (Å²) in [4.78, 5) is 15.7. The van der Waals surface area contributed by atoms with Gasteiger partial charge in [0, 0.05) is 0 Å². The molecule has 3 rings (SSSR count). The zero-order valence-corrected chi connectivity index (χ0v) is 12.2. The van der Waals surface area contributed by atoms with E-state index in [0.717, 1.165) is 24.1 Å². The maximum absolute atomic E-state index is 12.6. The van der Waals surface area contributed by atoms with E-state index in [1.54, 1.807) is 0 Å². The summed E-state index contributed by atoms with van der Waals surface area (Å²) in [6.45, 7) is 1.37. The lowest BCUT2D eigenvalue weighted by Gasteiger charge is -2.23. The van der Waals surface area contributed by atoms with Crippen LogP contribution in [0, 0.1) is 17.8 Å². The zero-order chi connectivity index (χ0) is 14.5. The Balaban J connectivity index is 1.63. The van der Waals surface area contributed by atoms with Crippen LogP contribution in [0.5, 0.6) is 0 Å². The van der Waals surface area contributed by atoms with Gasteiger partial charge in [-0.05, 0) is 50.4 Å². The minimum absolute atomic E-state index is 0.529. The fraction of sp³-hybridized carbons (Fsp3) is 0.857. The van der Waals surface area contributed by atoms with Gasteiger partial charge in [-0.15, -0.1) is 0 Å². The number of thioether (sulfide) groups is 1. The lowest BCUT2D eigenvalue weighted by molar-refractivity contribution is -0.147. The third-order valence-corrected chi connectivity index (χ3v) is 6.14. The van der Waals surface area contributed by atoms with Gasteiger partial charge in [0.1, 0.15) is 4.75 Å². The van der Waals surface area contributed by atoms with Crippen molar-refractivity contribution in [3.05, 3.63) is 0 Å². The Morgan fingerprint density at radius 2 is 2.10 bits per heavy atom. The summed E-state index contributed by atoms with van der Waals surface area (Å²) in [7, 11) is 0. The largest absolute Gasteiger partial charge is 0.390 e. The minimum atomic E-state index is -4.32. The van der Waals surface area contributed by atoms with E-state index in [0.29, 0.717) is 23.3 Å². The number of carbonyl (C=O) groups is 1. The van der Waals surface area contributed by atoms with Crippen molar-refractivity contribution in [2.45, 2.75) is 56.4 Å². The molecule has 0 N–H and O–H groups in total. The fourth-order valence-electron chi connectivity index (χ4n) is 3.99. The van der Waals surface area contributed by atoms with Gasteiger partial charge in [-0.3, -0.25) is 4.79 Å². The van der Waals surface area contributed by atoms with Crippen molar-refractivity contribution in [3.8, 4) is 0 Å². The fourth-order valence-corrected chi connectivity index (χ4v) is 5.31. The average molecular weight is 305 g/mol. The molecule has 1 heterocycles. The first-order valence-electron chi connectivity index (χ1n) is 7.13. The second kappa shape index (κ2) is 4.75. The number of nitrogens with zero attached hydrogens (tertiary/aromatic N) is 1. The molecule has 0 aromatic carbocycles. The van der Waals surface area contributed by atoms with Gasteiger partial charge in [-0.2, -0.15) is 13.2 Å². The zero-order valence-electron chi connectivity index (χ0n) is 11.4. The molecular weight excluding hydrogens is 287 g/mol. The minimum Gasteiger partial charge on any atom is -0.271 e. The normalized spacial score (nSPS) is 40.5. The summed E-state index contributed by atoms with van der Waals surface area (Å²) in [5.41, 5.74) is 0. The maximum atomic E-state index is 12.6. The van der Waals surface area contributed by atoms with E-state index in [9.17, 15) is 18.0 Å². The first-order valence-corrected chi connectivity index (χ1v) is 7.94. The molecule has 2 saturated carbocycles. The predicted octanol–water partition coefficient (Wildman–Crippen LogP) is 4.20. The number of alkyl halides is 3. The molecule has 0 aromatic heterocycles. The summed E-state index contributed by atoms with van der Waals surface area (Å²) in [5, 5.41) is 0.624. The van der Waals surface area contributed by atoms with Crippen molar-refractivity contribution in [1.29, 1.82) is 0 Å². The number of amides is 1. The molecule has 2 bridgehead atoms. The second-order valence-corrected chi connectivity index (χ2v) is 8.15. The van der Waals surface area contributed by atoms with Crippen molar-refractivity contribution in [2.24, 2.45) is 22.7 Å². The Bertz CT molecular complexity index is 462. The van der Waals surface area contributed by atoms with Gasteiger partial charge >= 0.3 is 6.18 Å². The Morgan fingerprint density at radius 3 is 2.65 bits per heavy atom. The van der Waals surface area contributed by atoms with Crippen LogP contribution in [0.2, 0.25) is 0 Å². The van der Waals surface area contributed by atoms with Crippen molar-refractivity contribution >= 4 is 22.7 Å². The highest BCUT2D eigenvalue weighted by Gasteiger charge is 2.50. The lowest BCUT2D eigenvalue weighted by atomic mass is 9.87. The second-order valence-electron chi connectivity index (χ2n) is 6.57. The Hall–Kier alpha value is -0.520. The molecule has 112 valence electrons. The van der Waals surface area contributed by atoms with Gasteiger partial charge in [-0.25, -0.2) is 4.99 Å². The quantitative estimate of drug-likeness (QED) is 0.782. The van der Waals surface area contributed by atoms with Gasteiger partial charge in [-0.1, -0.05) is 18.2 Å². The molecule has 2 fully saturated rings. The van der Waals surface area contributed by atoms with E-state index in [1.807, 2.05) is 0 Å². The highest BCUT2D eigenvalue weighted by Crippen LogP contribution is 2.51. The first kappa shape index (κ1) is 14.4. The molecule has 1 amide bonds. The number of halogens is 3. The predicted molar refractivity (Wildman–Crippen MR) is 72.7 cm³/mol. The van der Waals surface area contributed by atoms with Crippen molar-refractivity contribution < 1.29 is 18.0 Å². The molecule has 6 heteroatoms. The molecule has 0 radical (unpaired) electrons. The van der Waals surface area contributed by atoms with Crippen LogP contribution in [-0.2, 0) is 4.79 Å². The van der Waals surface area contributed by atoms with Gasteiger partial charge < -0.3 is 0 Å². The van der Waals surface area contributed by atoms with Crippen LogP contribution in [0.15, 0.2) is 4.99 Å². The van der Waals surface area contributed by atoms with E-state index < -0.39 is 23.3 Å². The maximum Gasteiger partial charge on any atom is 0.390 e. The van der Waals surface area contributed by atoms with E-state index in [-0.39, 0.29) is 0 Å².